The highest BCUT2D eigenvalue weighted by Crippen LogP contribution is 2.24. The van der Waals surface area contributed by atoms with E-state index in [0.717, 1.165) is 48.6 Å². The Balaban J connectivity index is 1.42. The second kappa shape index (κ2) is 8.34. The minimum Gasteiger partial charge on any atom is -0.382 e. The number of hydrogen-bond acceptors (Lipinski definition) is 5. The number of likely N-dealkylation sites (tertiary alicyclic amines) is 1. The van der Waals surface area contributed by atoms with Crippen LogP contribution in [0, 0.1) is 6.92 Å². The number of hydrogen-bond donors (Lipinski definition) is 2. The maximum atomic E-state index is 11.5. The summed E-state index contributed by atoms with van der Waals surface area (Å²) in [6, 6.07) is 16.6. The third-order valence-corrected chi connectivity index (χ3v) is 5.16. The molecule has 0 bridgehead atoms. The highest BCUT2D eigenvalue weighted by molar-refractivity contribution is 5.73. The summed E-state index contributed by atoms with van der Waals surface area (Å²) >= 11 is 0. The number of rotatable bonds is 5. The summed E-state index contributed by atoms with van der Waals surface area (Å²) in [5, 5.41) is 11.4. The fourth-order valence-corrected chi connectivity index (χ4v) is 3.67. The van der Waals surface area contributed by atoms with Crippen molar-refractivity contribution in [2.75, 3.05) is 23.7 Å². The number of carbonyl (C=O) groups excluding carboxylic acids is 1. The predicted molar refractivity (Wildman–Crippen MR) is 115 cm³/mol. The van der Waals surface area contributed by atoms with Gasteiger partial charge in [0.25, 0.3) is 0 Å². The van der Waals surface area contributed by atoms with Crippen molar-refractivity contribution in [3.63, 3.8) is 0 Å². The number of aromatic nitrogens is 3. The average molecular weight is 390 g/mol. The first-order valence-corrected chi connectivity index (χ1v) is 9.95. The number of piperidine rings is 1. The third kappa shape index (κ3) is 4.74. The Morgan fingerprint density at radius 3 is 2.52 bits per heavy atom. The van der Waals surface area contributed by atoms with Crippen LogP contribution in [0.5, 0.6) is 0 Å². The lowest BCUT2D eigenvalue weighted by atomic mass is 10.0. The zero-order valence-electron chi connectivity index (χ0n) is 16.8. The smallest absolute Gasteiger partial charge is 0.246 e. The molecule has 3 aromatic rings. The Hall–Kier alpha value is -3.35. The van der Waals surface area contributed by atoms with E-state index in [1.54, 1.807) is 17.9 Å². The zero-order chi connectivity index (χ0) is 20.2. The van der Waals surface area contributed by atoms with Gasteiger partial charge >= 0.3 is 0 Å². The Bertz CT molecular complexity index is 976. The fourth-order valence-electron chi connectivity index (χ4n) is 3.67. The van der Waals surface area contributed by atoms with Crippen LogP contribution in [-0.2, 0) is 4.79 Å². The van der Waals surface area contributed by atoms with Gasteiger partial charge in [-0.2, -0.15) is 4.98 Å². The van der Waals surface area contributed by atoms with Gasteiger partial charge in [0.1, 0.15) is 6.33 Å². The predicted octanol–water partition coefficient (Wildman–Crippen LogP) is 3.74. The Morgan fingerprint density at radius 1 is 1.07 bits per heavy atom. The molecule has 0 radical (unpaired) electrons. The fraction of sp³-hybridized carbons (Fsp3) is 0.318. The summed E-state index contributed by atoms with van der Waals surface area (Å²) in [6.07, 6.45) is 3.62. The quantitative estimate of drug-likeness (QED) is 0.694. The molecule has 7 nitrogen and oxygen atoms in total. The number of nitrogens with zero attached hydrogens (tertiary/aromatic N) is 4. The molecule has 0 unspecified atom stereocenters. The molecule has 0 saturated carbocycles. The molecule has 4 rings (SSSR count). The first kappa shape index (κ1) is 19.0. The molecule has 2 N–H and O–H groups in total. The van der Waals surface area contributed by atoms with Crippen molar-refractivity contribution < 1.29 is 4.79 Å². The number of nitrogens with one attached hydrogen (secondary N) is 2. The van der Waals surface area contributed by atoms with Gasteiger partial charge in [0.15, 0.2) is 0 Å². The largest absolute Gasteiger partial charge is 0.382 e. The third-order valence-electron chi connectivity index (χ3n) is 5.16. The number of amides is 1. The maximum absolute atomic E-state index is 11.5. The molecule has 150 valence electrons. The van der Waals surface area contributed by atoms with Crippen molar-refractivity contribution in [1.29, 1.82) is 0 Å². The van der Waals surface area contributed by atoms with Gasteiger partial charge in [0.05, 0.1) is 5.69 Å². The topological polar surface area (TPSA) is 75.1 Å². The lowest BCUT2D eigenvalue weighted by molar-refractivity contribution is -0.129. The second-order valence-corrected chi connectivity index (χ2v) is 7.49. The molecule has 0 aliphatic carbocycles. The molecule has 2 aromatic carbocycles. The summed E-state index contributed by atoms with van der Waals surface area (Å²) < 4.78 is 1.75. The van der Waals surface area contributed by atoms with E-state index in [9.17, 15) is 4.79 Å². The molecule has 1 saturated heterocycles. The molecule has 2 heterocycles. The molecule has 0 atom stereocenters. The van der Waals surface area contributed by atoms with Crippen LogP contribution in [-0.4, -0.2) is 44.7 Å². The Kier molecular flexibility index (Phi) is 5.46. The van der Waals surface area contributed by atoms with Gasteiger partial charge < -0.3 is 15.5 Å². The molecule has 7 heteroatoms. The molecule has 1 fully saturated rings. The van der Waals surface area contributed by atoms with E-state index >= 15 is 0 Å². The minimum atomic E-state index is 0.160. The number of benzene rings is 2. The highest BCUT2D eigenvalue weighted by Gasteiger charge is 2.20. The van der Waals surface area contributed by atoms with Crippen LogP contribution in [0.15, 0.2) is 54.9 Å². The van der Waals surface area contributed by atoms with Crippen molar-refractivity contribution in [2.24, 2.45) is 0 Å². The summed E-state index contributed by atoms with van der Waals surface area (Å²) in [5.74, 6) is 0.716. The molecule has 0 spiro atoms. The van der Waals surface area contributed by atoms with Crippen molar-refractivity contribution in [3.8, 4) is 5.69 Å². The lowest BCUT2D eigenvalue weighted by Crippen LogP contribution is -2.41. The first-order chi connectivity index (χ1) is 14.1. The molecule has 1 amide bonds. The van der Waals surface area contributed by atoms with Crippen LogP contribution >= 0.6 is 0 Å². The minimum absolute atomic E-state index is 0.160. The van der Waals surface area contributed by atoms with Gasteiger partial charge in [0.2, 0.25) is 11.9 Å². The van der Waals surface area contributed by atoms with E-state index in [1.807, 2.05) is 35.2 Å². The van der Waals surface area contributed by atoms with Crippen molar-refractivity contribution in [2.45, 2.75) is 32.7 Å². The highest BCUT2D eigenvalue weighted by atomic mass is 16.2. The van der Waals surface area contributed by atoms with E-state index in [2.05, 4.69) is 45.8 Å². The number of para-hydroxylation sites is 1. The van der Waals surface area contributed by atoms with Crippen LogP contribution in [0.25, 0.3) is 5.69 Å². The van der Waals surface area contributed by atoms with Crippen LogP contribution in [0.2, 0.25) is 0 Å². The van der Waals surface area contributed by atoms with E-state index in [1.165, 1.54) is 0 Å². The number of carbonyl (C=O) groups is 1. The van der Waals surface area contributed by atoms with E-state index in [-0.39, 0.29) is 5.91 Å². The standard InChI is InChI=1S/C22H26N6O/c1-16-12-19(24-18-8-10-27(11-9-18)17(2)29)14-20(13-16)25-22-23-15-28(26-22)21-6-4-3-5-7-21/h3-7,12-15,18,24H,8-11H2,1-2H3,(H,25,26). The van der Waals surface area contributed by atoms with E-state index in [0.29, 0.717) is 12.0 Å². The van der Waals surface area contributed by atoms with Gasteiger partial charge in [-0.25, -0.2) is 4.68 Å². The van der Waals surface area contributed by atoms with Crippen LogP contribution < -0.4 is 10.6 Å². The molecule has 1 aromatic heterocycles. The van der Waals surface area contributed by atoms with Gasteiger partial charge in [-0.15, -0.1) is 5.10 Å². The van der Waals surface area contributed by atoms with Crippen molar-refractivity contribution >= 4 is 23.2 Å². The summed E-state index contributed by atoms with van der Waals surface area (Å²) in [6.45, 7) is 5.33. The average Bonchev–Trinajstić information content (AvgIpc) is 3.17. The van der Waals surface area contributed by atoms with E-state index in [4.69, 9.17) is 0 Å². The van der Waals surface area contributed by atoms with Crippen LogP contribution in [0.3, 0.4) is 0 Å². The Labute approximate surface area is 170 Å². The summed E-state index contributed by atoms with van der Waals surface area (Å²) in [7, 11) is 0. The first-order valence-electron chi connectivity index (χ1n) is 9.95. The SMILES string of the molecule is CC(=O)N1CCC(Nc2cc(C)cc(Nc3ncn(-c4ccccc4)n3)c2)CC1. The van der Waals surface area contributed by atoms with Gasteiger partial charge in [-0.3, -0.25) is 4.79 Å². The molecular weight excluding hydrogens is 364 g/mol. The summed E-state index contributed by atoms with van der Waals surface area (Å²) in [5.41, 5.74) is 4.13. The van der Waals surface area contributed by atoms with Gasteiger partial charge in [-0.1, -0.05) is 18.2 Å². The molecule has 29 heavy (non-hydrogen) atoms. The van der Waals surface area contributed by atoms with Gasteiger partial charge in [-0.05, 0) is 55.7 Å². The van der Waals surface area contributed by atoms with Crippen molar-refractivity contribution in [1.82, 2.24) is 19.7 Å². The van der Waals surface area contributed by atoms with Gasteiger partial charge in [0, 0.05) is 37.4 Å². The summed E-state index contributed by atoms with van der Waals surface area (Å²) in [4.78, 5) is 17.8. The maximum Gasteiger partial charge on any atom is 0.246 e. The zero-order valence-corrected chi connectivity index (χ0v) is 16.8. The van der Waals surface area contributed by atoms with E-state index < -0.39 is 0 Å². The molecule has 1 aliphatic rings. The Morgan fingerprint density at radius 2 is 1.79 bits per heavy atom. The monoisotopic (exact) mass is 390 g/mol. The second-order valence-electron chi connectivity index (χ2n) is 7.49. The molecular formula is C22H26N6O. The lowest BCUT2D eigenvalue weighted by Gasteiger charge is -2.32. The van der Waals surface area contributed by atoms with Crippen molar-refractivity contribution in [3.05, 3.63) is 60.4 Å². The van der Waals surface area contributed by atoms with Crippen LogP contribution in [0.1, 0.15) is 25.3 Å². The number of anilines is 3. The molecule has 1 aliphatic heterocycles. The normalized spacial score (nSPS) is 14.6. The number of aryl methyl sites for hydroxylation is 1. The van der Waals surface area contributed by atoms with Crippen LogP contribution in [0.4, 0.5) is 17.3 Å².